The van der Waals surface area contributed by atoms with Crippen LogP contribution in [-0.4, -0.2) is 39.7 Å². The summed E-state index contributed by atoms with van der Waals surface area (Å²) in [6.07, 6.45) is 5.07. The Morgan fingerprint density at radius 2 is 1.72 bits per heavy atom. The van der Waals surface area contributed by atoms with Crippen LogP contribution in [0.4, 0.5) is 0 Å². The Hall–Kier alpha value is -3.59. The van der Waals surface area contributed by atoms with Crippen LogP contribution >= 0.6 is 35.0 Å². The second kappa shape index (κ2) is 12.4. The number of para-hydroxylation sites is 1. The van der Waals surface area contributed by atoms with E-state index in [1.54, 1.807) is 37.5 Å². The van der Waals surface area contributed by atoms with Gasteiger partial charge in [0.15, 0.2) is 11.0 Å². The highest BCUT2D eigenvalue weighted by Gasteiger charge is 2.17. The molecule has 10 heteroatoms. The highest BCUT2D eigenvalue weighted by Crippen LogP contribution is 2.29. The number of aromatic nitrogens is 3. The number of nitrogens with zero attached hydrogens (tertiary/aromatic N) is 4. The summed E-state index contributed by atoms with van der Waals surface area (Å²) in [7, 11) is 1.62. The van der Waals surface area contributed by atoms with Crippen molar-refractivity contribution in [1.82, 2.24) is 20.2 Å². The minimum Gasteiger partial charge on any atom is -0.496 e. The number of hydrazone groups is 1. The van der Waals surface area contributed by atoms with E-state index in [9.17, 15) is 4.79 Å². The molecule has 0 aliphatic rings. The third-order valence-corrected chi connectivity index (χ3v) is 6.35. The van der Waals surface area contributed by atoms with Crippen molar-refractivity contribution in [1.29, 1.82) is 0 Å². The van der Waals surface area contributed by atoms with Crippen molar-refractivity contribution in [3.63, 3.8) is 0 Å². The Labute approximate surface area is 222 Å². The van der Waals surface area contributed by atoms with Crippen molar-refractivity contribution in [2.75, 3.05) is 12.9 Å². The number of rotatable bonds is 9. The summed E-state index contributed by atoms with van der Waals surface area (Å²) in [4.78, 5) is 12.4. The summed E-state index contributed by atoms with van der Waals surface area (Å²) >= 11 is 13.4. The molecule has 1 N–H and O–H groups in total. The predicted molar refractivity (Wildman–Crippen MR) is 146 cm³/mol. The summed E-state index contributed by atoms with van der Waals surface area (Å²) in [5.74, 6) is 1.20. The third kappa shape index (κ3) is 6.54. The largest absolute Gasteiger partial charge is 0.496 e. The SMILES string of the molecule is COc1ccccc1/C=C/C=N/NC(=O)CSc1nnc(-c2ccc(Cl)cc2)n1-c1ccc(Cl)cc1. The minimum atomic E-state index is -0.277. The zero-order valence-corrected chi connectivity index (χ0v) is 21.5. The number of carbonyl (C=O) groups is 1. The predicted octanol–water partition coefficient (Wildman–Crippen LogP) is 6.16. The fourth-order valence-corrected chi connectivity index (χ4v) is 4.23. The molecule has 1 heterocycles. The van der Waals surface area contributed by atoms with Crippen LogP contribution < -0.4 is 10.2 Å². The van der Waals surface area contributed by atoms with Crippen LogP contribution in [0.15, 0.2) is 89.1 Å². The molecule has 4 aromatic rings. The molecule has 0 unspecified atom stereocenters. The van der Waals surface area contributed by atoms with E-state index in [0.717, 1.165) is 22.6 Å². The minimum absolute atomic E-state index is 0.0971. The lowest BCUT2D eigenvalue weighted by atomic mass is 10.2. The summed E-state index contributed by atoms with van der Waals surface area (Å²) in [6.45, 7) is 0. The number of amides is 1. The fraction of sp³-hybridized carbons (Fsp3) is 0.0769. The van der Waals surface area contributed by atoms with E-state index in [0.29, 0.717) is 21.0 Å². The molecule has 3 aromatic carbocycles. The first-order valence-electron chi connectivity index (χ1n) is 10.8. The van der Waals surface area contributed by atoms with Crippen LogP contribution in [0.1, 0.15) is 5.56 Å². The van der Waals surface area contributed by atoms with Crippen molar-refractivity contribution in [3.8, 4) is 22.8 Å². The number of benzene rings is 3. The van der Waals surface area contributed by atoms with E-state index in [-0.39, 0.29) is 11.7 Å². The molecule has 36 heavy (non-hydrogen) atoms. The van der Waals surface area contributed by atoms with Gasteiger partial charge in [-0.15, -0.1) is 10.2 Å². The maximum absolute atomic E-state index is 12.4. The Balaban J connectivity index is 1.44. The van der Waals surface area contributed by atoms with Crippen LogP contribution in [0, 0.1) is 0 Å². The number of hydrogen-bond donors (Lipinski definition) is 1. The van der Waals surface area contributed by atoms with E-state index in [4.69, 9.17) is 27.9 Å². The lowest BCUT2D eigenvalue weighted by molar-refractivity contribution is -0.118. The van der Waals surface area contributed by atoms with Gasteiger partial charge in [0.1, 0.15) is 5.75 Å². The Morgan fingerprint density at radius 1 is 1.03 bits per heavy atom. The zero-order valence-electron chi connectivity index (χ0n) is 19.1. The number of hydrogen-bond acceptors (Lipinski definition) is 6. The van der Waals surface area contributed by atoms with Gasteiger partial charge in [-0.1, -0.05) is 53.2 Å². The lowest BCUT2D eigenvalue weighted by Gasteiger charge is -2.10. The van der Waals surface area contributed by atoms with E-state index in [1.165, 1.54) is 18.0 Å². The van der Waals surface area contributed by atoms with Gasteiger partial charge in [-0.05, 0) is 66.7 Å². The molecule has 1 aromatic heterocycles. The highest BCUT2D eigenvalue weighted by atomic mass is 35.5. The average Bonchev–Trinajstić information content (AvgIpc) is 3.32. The monoisotopic (exact) mass is 537 g/mol. The number of thioether (sulfide) groups is 1. The lowest BCUT2D eigenvalue weighted by Crippen LogP contribution is -2.19. The van der Waals surface area contributed by atoms with Crippen LogP contribution in [0.2, 0.25) is 10.0 Å². The number of ether oxygens (including phenoxy) is 1. The Kier molecular flexibility index (Phi) is 8.78. The highest BCUT2D eigenvalue weighted by molar-refractivity contribution is 7.99. The van der Waals surface area contributed by atoms with Crippen molar-refractivity contribution in [2.24, 2.45) is 5.10 Å². The van der Waals surface area contributed by atoms with Crippen LogP contribution in [0.25, 0.3) is 23.2 Å². The molecule has 0 atom stereocenters. The zero-order chi connectivity index (χ0) is 25.3. The quantitative estimate of drug-likeness (QED) is 0.157. The van der Waals surface area contributed by atoms with Crippen molar-refractivity contribution < 1.29 is 9.53 Å². The number of halogens is 2. The maximum Gasteiger partial charge on any atom is 0.250 e. The van der Waals surface area contributed by atoms with E-state index < -0.39 is 0 Å². The molecule has 0 aliphatic carbocycles. The number of carbonyl (C=O) groups excluding carboxylic acids is 1. The van der Waals surface area contributed by atoms with Crippen LogP contribution in [0.3, 0.4) is 0 Å². The molecule has 0 saturated carbocycles. The molecule has 0 radical (unpaired) electrons. The second-order valence-corrected chi connectivity index (χ2v) is 9.14. The molecular formula is C26H21Cl2N5O2S. The summed E-state index contributed by atoms with van der Waals surface area (Å²) in [5, 5.41) is 14.4. The summed E-state index contributed by atoms with van der Waals surface area (Å²) in [6, 6.07) is 22.2. The average molecular weight is 538 g/mol. The van der Waals surface area contributed by atoms with E-state index in [1.807, 2.05) is 59.2 Å². The van der Waals surface area contributed by atoms with Gasteiger partial charge in [0.2, 0.25) is 0 Å². The second-order valence-electron chi connectivity index (χ2n) is 7.33. The maximum atomic E-state index is 12.4. The van der Waals surface area contributed by atoms with Gasteiger partial charge >= 0.3 is 0 Å². The normalized spacial score (nSPS) is 11.3. The Bertz CT molecular complexity index is 1390. The van der Waals surface area contributed by atoms with Crippen molar-refractivity contribution in [3.05, 3.63) is 94.5 Å². The first-order chi connectivity index (χ1) is 17.5. The molecule has 0 spiro atoms. The molecule has 7 nitrogen and oxygen atoms in total. The van der Waals surface area contributed by atoms with Gasteiger partial charge in [0, 0.05) is 33.1 Å². The van der Waals surface area contributed by atoms with Crippen LogP contribution in [-0.2, 0) is 4.79 Å². The van der Waals surface area contributed by atoms with Gasteiger partial charge in [0.05, 0.1) is 12.9 Å². The Morgan fingerprint density at radius 3 is 2.44 bits per heavy atom. The van der Waals surface area contributed by atoms with Gasteiger partial charge in [-0.25, -0.2) is 5.43 Å². The first-order valence-corrected chi connectivity index (χ1v) is 12.5. The topological polar surface area (TPSA) is 81.4 Å². The summed E-state index contributed by atoms with van der Waals surface area (Å²) < 4.78 is 7.18. The standard InChI is InChI=1S/C26H21Cl2N5O2S/c1-35-23-7-3-2-5-18(23)6-4-16-29-30-24(34)17-36-26-32-31-25(19-8-10-20(27)11-9-19)33(26)22-14-12-21(28)13-15-22/h2-16H,17H2,1H3,(H,30,34)/b6-4+,29-16+. The van der Waals surface area contributed by atoms with Gasteiger partial charge in [-0.2, -0.15) is 5.10 Å². The van der Waals surface area contributed by atoms with Crippen LogP contribution in [0.5, 0.6) is 5.75 Å². The number of methoxy groups -OCH3 is 1. The number of allylic oxidation sites excluding steroid dienone is 1. The molecule has 0 fully saturated rings. The van der Waals surface area contributed by atoms with Gasteiger partial charge in [0.25, 0.3) is 5.91 Å². The number of nitrogens with one attached hydrogen (secondary N) is 1. The molecule has 0 aliphatic heterocycles. The molecular weight excluding hydrogens is 517 g/mol. The molecule has 0 bridgehead atoms. The molecule has 0 saturated heterocycles. The van der Waals surface area contributed by atoms with E-state index >= 15 is 0 Å². The third-order valence-electron chi connectivity index (χ3n) is 4.92. The fourth-order valence-electron chi connectivity index (χ4n) is 3.24. The first kappa shape index (κ1) is 25.5. The van der Waals surface area contributed by atoms with Crippen molar-refractivity contribution >= 4 is 53.2 Å². The summed E-state index contributed by atoms with van der Waals surface area (Å²) in [5.41, 5.74) is 5.08. The van der Waals surface area contributed by atoms with Crippen molar-refractivity contribution in [2.45, 2.75) is 5.16 Å². The van der Waals surface area contributed by atoms with Gasteiger partial charge < -0.3 is 4.74 Å². The smallest absolute Gasteiger partial charge is 0.250 e. The van der Waals surface area contributed by atoms with Gasteiger partial charge in [-0.3, -0.25) is 9.36 Å². The molecule has 182 valence electrons. The molecule has 4 rings (SSSR count). The molecule has 1 amide bonds. The van der Waals surface area contributed by atoms with E-state index in [2.05, 4.69) is 20.7 Å².